The van der Waals surface area contributed by atoms with E-state index in [4.69, 9.17) is 5.73 Å². The summed E-state index contributed by atoms with van der Waals surface area (Å²) in [6.07, 6.45) is 1.39. The van der Waals surface area contributed by atoms with Crippen molar-refractivity contribution in [2.45, 2.75) is 0 Å². The van der Waals surface area contributed by atoms with Gasteiger partial charge in [0.15, 0.2) is 0 Å². The fourth-order valence-electron chi connectivity index (χ4n) is 1.69. The largest absolute Gasteiger partial charge is 0.465 e. The summed E-state index contributed by atoms with van der Waals surface area (Å²) in [5, 5.41) is 0.534. The topological polar surface area (TPSA) is 102 Å². The number of primary amides is 1. The molecular formula is C12H10N2O4. The zero-order chi connectivity index (χ0) is 13.3. The number of benzene rings is 1. The van der Waals surface area contributed by atoms with Crippen LogP contribution < -0.4 is 5.73 Å². The van der Waals surface area contributed by atoms with Gasteiger partial charge in [-0.1, -0.05) is 6.07 Å². The Balaban J connectivity index is 2.53. The molecule has 0 saturated heterocycles. The molecule has 0 aliphatic heterocycles. The standard InChI is InChI=1S/C12H10N2O4/c1-18-12(17)6-2-3-7-8(10(15)11(13)16)5-14-9(7)4-6/h2-5,14H,1H3,(H2,13,16). The minimum absolute atomic E-state index is 0.189. The summed E-state index contributed by atoms with van der Waals surface area (Å²) >= 11 is 0. The van der Waals surface area contributed by atoms with E-state index < -0.39 is 17.7 Å². The normalized spacial score (nSPS) is 10.3. The van der Waals surface area contributed by atoms with Crippen LogP contribution in [-0.2, 0) is 9.53 Å². The van der Waals surface area contributed by atoms with E-state index in [9.17, 15) is 14.4 Å². The number of H-pyrrole nitrogens is 1. The molecule has 1 amide bonds. The van der Waals surface area contributed by atoms with Gasteiger partial charge in [0.25, 0.3) is 11.7 Å². The first-order chi connectivity index (χ1) is 8.54. The number of ether oxygens (including phenoxy) is 1. The van der Waals surface area contributed by atoms with E-state index >= 15 is 0 Å². The van der Waals surface area contributed by atoms with Crippen molar-refractivity contribution in [1.82, 2.24) is 4.98 Å². The van der Waals surface area contributed by atoms with E-state index in [0.29, 0.717) is 16.5 Å². The molecule has 0 fully saturated rings. The maximum Gasteiger partial charge on any atom is 0.337 e. The van der Waals surface area contributed by atoms with Crippen LogP contribution in [0.3, 0.4) is 0 Å². The fourth-order valence-corrected chi connectivity index (χ4v) is 1.69. The van der Waals surface area contributed by atoms with E-state index in [2.05, 4.69) is 9.72 Å². The molecule has 0 atom stereocenters. The van der Waals surface area contributed by atoms with Gasteiger partial charge in [-0.05, 0) is 12.1 Å². The Bertz CT molecular complexity index is 657. The number of ketones is 1. The Labute approximate surface area is 102 Å². The summed E-state index contributed by atoms with van der Waals surface area (Å²) in [4.78, 5) is 36.5. The number of hydrogen-bond acceptors (Lipinski definition) is 4. The molecular weight excluding hydrogens is 236 g/mol. The van der Waals surface area contributed by atoms with Crippen molar-refractivity contribution in [2.24, 2.45) is 5.73 Å². The highest BCUT2D eigenvalue weighted by Crippen LogP contribution is 2.20. The molecule has 6 heteroatoms. The van der Waals surface area contributed by atoms with E-state index in [-0.39, 0.29) is 5.56 Å². The molecule has 0 saturated carbocycles. The number of methoxy groups -OCH3 is 1. The average molecular weight is 246 g/mol. The molecule has 3 N–H and O–H groups in total. The zero-order valence-corrected chi connectivity index (χ0v) is 9.52. The molecule has 92 valence electrons. The molecule has 2 aromatic rings. The van der Waals surface area contributed by atoms with Crippen LogP contribution in [-0.4, -0.2) is 29.8 Å². The minimum atomic E-state index is -1.02. The number of amides is 1. The van der Waals surface area contributed by atoms with Gasteiger partial charge in [-0.15, -0.1) is 0 Å². The number of Topliss-reactive ketones (excluding diaryl/α,β-unsaturated/α-hetero) is 1. The van der Waals surface area contributed by atoms with E-state index in [1.807, 2.05) is 0 Å². The predicted molar refractivity (Wildman–Crippen MR) is 63.2 cm³/mol. The SMILES string of the molecule is COC(=O)c1ccc2c(C(=O)C(N)=O)c[nH]c2c1. The Morgan fingerprint density at radius 1 is 1.28 bits per heavy atom. The van der Waals surface area contributed by atoms with Crippen LogP contribution in [0.2, 0.25) is 0 Å². The van der Waals surface area contributed by atoms with Crippen LogP contribution in [0.4, 0.5) is 0 Å². The Morgan fingerprint density at radius 2 is 2.00 bits per heavy atom. The maximum absolute atomic E-state index is 11.5. The summed E-state index contributed by atoms with van der Waals surface area (Å²) in [5.41, 5.74) is 6.04. The lowest BCUT2D eigenvalue weighted by atomic mass is 10.1. The van der Waals surface area contributed by atoms with Gasteiger partial charge in [-0.2, -0.15) is 0 Å². The smallest absolute Gasteiger partial charge is 0.337 e. The van der Waals surface area contributed by atoms with Crippen LogP contribution in [0.5, 0.6) is 0 Å². The summed E-state index contributed by atoms with van der Waals surface area (Å²) in [6.45, 7) is 0. The number of carbonyl (C=O) groups excluding carboxylic acids is 3. The van der Waals surface area contributed by atoms with Crippen molar-refractivity contribution >= 4 is 28.6 Å². The number of fused-ring (bicyclic) bond motifs is 1. The average Bonchev–Trinajstić information content (AvgIpc) is 2.79. The van der Waals surface area contributed by atoms with Crippen molar-refractivity contribution in [2.75, 3.05) is 7.11 Å². The molecule has 0 bridgehead atoms. The third-order valence-corrected chi connectivity index (χ3v) is 2.57. The van der Waals surface area contributed by atoms with Crippen molar-refractivity contribution < 1.29 is 19.1 Å². The monoisotopic (exact) mass is 246 g/mol. The van der Waals surface area contributed by atoms with Gasteiger partial charge in [0.05, 0.1) is 18.2 Å². The van der Waals surface area contributed by atoms with E-state index in [1.165, 1.54) is 19.4 Å². The van der Waals surface area contributed by atoms with Gasteiger partial charge in [-0.3, -0.25) is 9.59 Å². The van der Waals surface area contributed by atoms with Crippen LogP contribution in [0.1, 0.15) is 20.7 Å². The Hall–Kier alpha value is -2.63. The molecule has 0 radical (unpaired) electrons. The van der Waals surface area contributed by atoms with E-state index in [1.54, 1.807) is 12.1 Å². The predicted octanol–water partition coefficient (Wildman–Crippen LogP) is 0.622. The van der Waals surface area contributed by atoms with Gasteiger partial charge >= 0.3 is 5.97 Å². The summed E-state index contributed by atoms with van der Waals surface area (Å²) in [5.74, 6) is -2.27. The molecule has 2 rings (SSSR count). The van der Waals surface area contributed by atoms with Gasteiger partial charge in [0.2, 0.25) is 0 Å². The molecule has 0 aliphatic carbocycles. The van der Waals surface area contributed by atoms with Gasteiger partial charge in [0, 0.05) is 17.1 Å². The highest BCUT2D eigenvalue weighted by Gasteiger charge is 2.17. The number of rotatable bonds is 3. The minimum Gasteiger partial charge on any atom is -0.465 e. The first-order valence-electron chi connectivity index (χ1n) is 5.08. The Morgan fingerprint density at radius 3 is 2.61 bits per heavy atom. The second-order valence-corrected chi connectivity index (χ2v) is 3.65. The highest BCUT2D eigenvalue weighted by atomic mass is 16.5. The number of nitrogens with two attached hydrogens (primary N) is 1. The number of aromatic nitrogens is 1. The fraction of sp³-hybridized carbons (Fsp3) is 0.0833. The van der Waals surface area contributed by atoms with Gasteiger partial charge in [-0.25, -0.2) is 4.79 Å². The lowest BCUT2D eigenvalue weighted by Crippen LogP contribution is -2.22. The number of carbonyl (C=O) groups is 3. The van der Waals surface area contributed by atoms with Crippen molar-refractivity contribution in [3.63, 3.8) is 0 Å². The number of esters is 1. The summed E-state index contributed by atoms with van der Waals surface area (Å²) in [7, 11) is 1.28. The molecule has 1 aromatic heterocycles. The van der Waals surface area contributed by atoms with Crippen LogP contribution >= 0.6 is 0 Å². The van der Waals surface area contributed by atoms with Crippen LogP contribution in [0.15, 0.2) is 24.4 Å². The lowest BCUT2D eigenvalue weighted by Gasteiger charge is -1.99. The van der Waals surface area contributed by atoms with Crippen molar-refractivity contribution in [3.05, 3.63) is 35.5 Å². The highest BCUT2D eigenvalue weighted by molar-refractivity contribution is 6.44. The molecule has 0 unspecified atom stereocenters. The zero-order valence-electron chi connectivity index (χ0n) is 9.52. The summed E-state index contributed by atoms with van der Waals surface area (Å²) < 4.78 is 4.58. The van der Waals surface area contributed by atoms with Crippen LogP contribution in [0.25, 0.3) is 10.9 Å². The first-order valence-corrected chi connectivity index (χ1v) is 5.08. The Kier molecular flexibility index (Phi) is 2.85. The first kappa shape index (κ1) is 11.8. The molecule has 1 heterocycles. The van der Waals surface area contributed by atoms with Crippen LogP contribution in [0, 0.1) is 0 Å². The number of nitrogens with one attached hydrogen (secondary N) is 1. The maximum atomic E-state index is 11.5. The van der Waals surface area contributed by atoms with Gasteiger partial charge < -0.3 is 15.5 Å². The molecule has 0 aliphatic rings. The lowest BCUT2D eigenvalue weighted by molar-refractivity contribution is -0.114. The quantitative estimate of drug-likeness (QED) is 0.470. The van der Waals surface area contributed by atoms with E-state index in [0.717, 1.165) is 0 Å². The molecule has 0 spiro atoms. The van der Waals surface area contributed by atoms with Gasteiger partial charge in [0.1, 0.15) is 0 Å². The molecule has 6 nitrogen and oxygen atoms in total. The van der Waals surface area contributed by atoms with Crippen molar-refractivity contribution in [3.8, 4) is 0 Å². The summed E-state index contributed by atoms with van der Waals surface area (Å²) in [6, 6.07) is 4.62. The number of hydrogen-bond donors (Lipinski definition) is 2. The third-order valence-electron chi connectivity index (χ3n) is 2.57. The molecule has 1 aromatic carbocycles. The third kappa shape index (κ3) is 1.84. The van der Waals surface area contributed by atoms with Crippen molar-refractivity contribution in [1.29, 1.82) is 0 Å². The number of aromatic amines is 1. The second-order valence-electron chi connectivity index (χ2n) is 3.65. The molecule has 18 heavy (non-hydrogen) atoms. The second kappa shape index (κ2) is 4.33.